The molecule has 0 saturated heterocycles. The lowest BCUT2D eigenvalue weighted by Gasteiger charge is -2.31. The number of pyridine rings is 1. The van der Waals surface area contributed by atoms with Crippen LogP contribution in [0.3, 0.4) is 0 Å². The number of amides is 1. The third-order valence-corrected chi connectivity index (χ3v) is 8.82. The van der Waals surface area contributed by atoms with Gasteiger partial charge in [0.2, 0.25) is 0 Å². The lowest BCUT2D eigenvalue weighted by atomic mass is 9.99. The standard InChI is InChI=1S/C28H32ClN3O3S/c1-5-36(34,35)24-12-8-20(9-13-24)15-31-28(33)22-14-25-19(4)32(17-21-6-10-23(29)11-7-21)27(18(2)3)26(25)30-16-22/h6-14,16,18-19,27H,5,15,17H2,1-4H3,(H,31,33)/t19-,27?/m1/s1. The summed E-state index contributed by atoms with van der Waals surface area (Å²) >= 11 is 6.07. The molecular weight excluding hydrogens is 494 g/mol. The second-order valence-corrected chi connectivity index (χ2v) is 12.3. The molecule has 3 aromatic rings. The molecule has 4 rings (SSSR count). The third-order valence-electron chi connectivity index (χ3n) is 6.82. The van der Waals surface area contributed by atoms with Gasteiger partial charge in [0.25, 0.3) is 5.91 Å². The van der Waals surface area contributed by atoms with Crippen LogP contribution < -0.4 is 5.32 Å². The largest absolute Gasteiger partial charge is 0.348 e. The maximum atomic E-state index is 12.9. The average Bonchev–Trinajstić information content (AvgIpc) is 3.15. The van der Waals surface area contributed by atoms with Crippen LogP contribution in [-0.4, -0.2) is 30.0 Å². The quantitative estimate of drug-likeness (QED) is 0.406. The molecule has 1 aromatic heterocycles. The Balaban J connectivity index is 1.49. The van der Waals surface area contributed by atoms with Crippen LogP contribution in [-0.2, 0) is 22.9 Å². The lowest BCUT2D eigenvalue weighted by Crippen LogP contribution is -2.28. The Kier molecular flexibility index (Phi) is 7.83. The van der Waals surface area contributed by atoms with Crippen LogP contribution in [0.25, 0.3) is 0 Å². The van der Waals surface area contributed by atoms with Crippen molar-refractivity contribution in [3.8, 4) is 0 Å². The minimum Gasteiger partial charge on any atom is -0.348 e. The Morgan fingerprint density at radius 3 is 2.33 bits per heavy atom. The van der Waals surface area contributed by atoms with E-state index in [1.165, 1.54) is 5.56 Å². The Labute approximate surface area is 218 Å². The molecule has 8 heteroatoms. The van der Waals surface area contributed by atoms with Crippen molar-refractivity contribution >= 4 is 27.3 Å². The molecular formula is C28H32ClN3O3S. The van der Waals surface area contributed by atoms with Gasteiger partial charge in [0.1, 0.15) is 0 Å². The molecule has 0 bridgehead atoms. The van der Waals surface area contributed by atoms with Gasteiger partial charge in [-0.15, -0.1) is 0 Å². The SMILES string of the molecule is CCS(=O)(=O)c1ccc(CNC(=O)c2cnc3c(c2)[C@@H](C)N(Cc2ccc(Cl)cc2)C3C(C)C)cc1. The highest BCUT2D eigenvalue weighted by Crippen LogP contribution is 2.45. The Morgan fingerprint density at radius 1 is 1.08 bits per heavy atom. The van der Waals surface area contributed by atoms with Gasteiger partial charge in [0, 0.05) is 30.4 Å². The summed E-state index contributed by atoms with van der Waals surface area (Å²) in [4.78, 5) is 20.4. The zero-order chi connectivity index (χ0) is 26.0. The number of aromatic nitrogens is 1. The summed E-state index contributed by atoms with van der Waals surface area (Å²) in [6.07, 6.45) is 1.65. The minimum atomic E-state index is -3.24. The van der Waals surface area contributed by atoms with Crippen molar-refractivity contribution in [2.24, 2.45) is 5.92 Å². The first kappa shape index (κ1) is 26.3. The van der Waals surface area contributed by atoms with Crippen LogP contribution in [0.5, 0.6) is 0 Å². The van der Waals surface area contributed by atoms with Crippen LogP contribution in [0.15, 0.2) is 65.7 Å². The van der Waals surface area contributed by atoms with Gasteiger partial charge < -0.3 is 5.32 Å². The summed E-state index contributed by atoms with van der Waals surface area (Å²) in [5.74, 6) is 0.203. The zero-order valence-electron chi connectivity index (χ0n) is 21.0. The van der Waals surface area contributed by atoms with Crippen molar-refractivity contribution in [1.29, 1.82) is 0 Å². The number of halogens is 1. The van der Waals surface area contributed by atoms with Crippen molar-refractivity contribution in [3.05, 3.63) is 93.8 Å². The zero-order valence-corrected chi connectivity index (χ0v) is 22.6. The molecule has 1 amide bonds. The fourth-order valence-electron chi connectivity index (χ4n) is 4.78. The first-order chi connectivity index (χ1) is 17.1. The molecule has 0 aliphatic carbocycles. The highest BCUT2D eigenvalue weighted by atomic mass is 35.5. The van der Waals surface area contributed by atoms with E-state index in [1.54, 1.807) is 37.4 Å². The summed E-state index contributed by atoms with van der Waals surface area (Å²) < 4.78 is 24.0. The summed E-state index contributed by atoms with van der Waals surface area (Å²) in [7, 11) is -3.24. The molecule has 190 valence electrons. The summed E-state index contributed by atoms with van der Waals surface area (Å²) in [6.45, 7) is 9.24. The Morgan fingerprint density at radius 2 is 1.72 bits per heavy atom. The van der Waals surface area contributed by atoms with Crippen molar-refractivity contribution in [2.45, 2.75) is 57.8 Å². The maximum Gasteiger partial charge on any atom is 0.253 e. The van der Waals surface area contributed by atoms with Gasteiger partial charge in [0.15, 0.2) is 9.84 Å². The molecule has 0 fully saturated rings. The van der Waals surface area contributed by atoms with E-state index < -0.39 is 9.84 Å². The molecule has 2 heterocycles. The van der Waals surface area contributed by atoms with Gasteiger partial charge in [-0.3, -0.25) is 14.7 Å². The summed E-state index contributed by atoms with van der Waals surface area (Å²) in [6, 6.07) is 16.8. The molecule has 1 aliphatic heterocycles. The second-order valence-electron chi connectivity index (χ2n) is 9.59. The number of carbonyl (C=O) groups is 1. The fraction of sp³-hybridized carbons (Fsp3) is 0.357. The summed E-state index contributed by atoms with van der Waals surface area (Å²) in [5.41, 5.74) is 4.62. The molecule has 2 aromatic carbocycles. The van der Waals surface area contributed by atoms with E-state index in [4.69, 9.17) is 16.6 Å². The minimum absolute atomic E-state index is 0.0572. The number of nitrogens with zero attached hydrogens (tertiary/aromatic N) is 2. The third kappa shape index (κ3) is 5.48. The van der Waals surface area contributed by atoms with Gasteiger partial charge in [-0.1, -0.05) is 56.6 Å². The van der Waals surface area contributed by atoms with E-state index in [2.05, 4.69) is 31.0 Å². The van der Waals surface area contributed by atoms with Crippen LogP contribution in [0.4, 0.5) is 0 Å². The second kappa shape index (κ2) is 10.7. The number of rotatable bonds is 8. The van der Waals surface area contributed by atoms with Crippen molar-refractivity contribution in [2.75, 3.05) is 5.75 Å². The maximum absolute atomic E-state index is 12.9. The van der Waals surface area contributed by atoms with E-state index >= 15 is 0 Å². The van der Waals surface area contributed by atoms with Gasteiger partial charge in [0.05, 0.1) is 27.9 Å². The monoisotopic (exact) mass is 525 g/mol. The molecule has 1 unspecified atom stereocenters. The van der Waals surface area contributed by atoms with Crippen molar-refractivity contribution in [3.63, 3.8) is 0 Å². The molecule has 6 nitrogen and oxygen atoms in total. The Hall–Kier alpha value is -2.74. The number of sulfone groups is 1. The Bertz CT molecular complexity index is 1340. The van der Waals surface area contributed by atoms with E-state index in [9.17, 15) is 13.2 Å². The molecule has 0 radical (unpaired) electrons. The first-order valence-corrected chi connectivity index (χ1v) is 14.2. The smallest absolute Gasteiger partial charge is 0.253 e. The van der Waals surface area contributed by atoms with Crippen LogP contribution in [0, 0.1) is 5.92 Å². The predicted octanol–water partition coefficient (Wildman–Crippen LogP) is 5.73. The number of hydrogen-bond donors (Lipinski definition) is 1. The van der Waals surface area contributed by atoms with Gasteiger partial charge in [-0.25, -0.2) is 8.42 Å². The van der Waals surface area contributed by atoms with E-state index in [-0.39, 0.29) is 23.7 Å². The number of benzene rings is 2. The first-order valence-electron chi connectivity index (χ1n) is 12.2. The van der Waals surface area contributed by atoms with E-state index in [0.29, 0.717) is 22.9 Å². The predicted molar refractivity (Wildman–Crippen MR) is 143 cm³/mol. The highest BCUT2D eigenvalue weighted by Gasteiger charge is 2.39. The molecule has 2 atom stereocenters. The number of fused-ring (bicyclic) bond motifs is 1. The van der Waals surface area contributed by atoms with Crippen LogP contribution in [0.1, 0.15) is 72.5 Å². The average molecular weight is 526 g/mol. The molecule has 1 N–H and O–H groups in total. The highest BCUT2D eigenvalue weighted by molar-refractivity contribution is 7.91. The van der Waals surface area contributed by atoms with Crippen molar-refractivity contribution in [1.82, 2.24) is 15.2 Å². The molecule has 0 spiro atoms. The fourth-order valence-corrected chi connectivity index (χ4v) is 5.79. The van der Waals surface area contributed by atoms with Crippen molar-refractivity contribution < 1.29 is 13.2 Å². The molecule has 36 heavy (non-hydrogen) atoms. The summed E-state index contributed by atoms with van der Waals surface area (Å²) in [5, 5.41) is 3.65. The normalized spacial score (nSPS) is 17.8. The van der Waals surface area contributed by atoms with Crippen LogP contribution >= 0.6 is 11.6 Å². The van der Waals surface area contributed by atoms with Gasteiger partial charge >= 0.3 is 0 Å². The number of hydrogen-bond acceptors (Lipinski definition) is 5. The van der Waals surface area contributed by atoms with E-state index in [0.717, 1.165) is 28.4 Å². The molecule has 0 saturated carbocycles. The molecule has 1 aliphatic rings. The lowest BCUT2D eigenvalue weighted by molar-refractivity contribution is 0.0950. The van der Waals surface area contributed by atoms with Gasteiger partial charge in [-0.2, -0.15) is 0 Å². The van der Waals surface area contributed by atoms with Crippen LogP contribution in [0.2, 0.25) is 5.02 Å². The van der Waals surface area contributed by atoms with Gasteiger partial charge in [-0.05, 0) is 59.9 Å². The number of nitrogens with one attached hydrogen (secondary N) is 1. The topological polar surface area (TPSA) is 79.4 Å². The number of carbonyl (C=O) groups excluding carboxylic acids is 1. The van der Waals surface area contributed by atoms with E-state index in [1.807, 2.05) is 30.3 Å².